The first-order valence-electron chi connectivity index (χ1n) is 5.38. The Morgan fingerprint density at radius 3 is 2.75 bits per heavy atom. The number of aliphatic hydroxyl groups is 1. The number of hydrogen-bond acceptors (Lipinski definition) is 3. The minimum Gasteiger partial charge on any atom is -0.386 e. The van der Waals surface area contributed by atoms with E-state index >= 15 is 0 Å². The lowest BCUT2D eigenvalue weighted by atomic mass is 10.0. The minimum absolute atomic E-state index is 0.133. The highest BCUT2D eigenvalue weighted by molar-refractivity contribution is 5.16. The van der Waals surface area contributed by atoms with E-state index in [-0.39, 0.29) is 5.56 Å². The SMILES string of the molecule is COCCCn1cccc(C(C)(C)O)c1=O. The molecule has 0 aliphatic rings. The van der Waals surface area contributed by atoms with E-state index in [0.29, 0.717) is 18.7 Å². The van der Waals surface area contributed by atoms with Crippen LogP contribution in [0.2, 0.25) is 0 Å². The fourth-order valence-electron chi connectivity index (χ4n) is 1.56. The predicted octanol–water partition coefficient (Wildman–Crippen LogP) is 1.11. The molecule has 0 radical (unpaired) electrons. The van der Waals surface area contributed by atoms with Gasteiger partial charge >= 0.3 is 0 Å². The average Bonchev–Trinajstić information content (AvgIpc) is 2.19. The molecule has 4 heteroatoms. The molecule has 0 spiro atoms. The summed E-state index contributed by atoms with van der Waals surface area (Å²) in [6, 6.07) is 3.44. The molecule has 0 atom stereocenters. The third-order valence-electron chi connectivity index (χ3n) is 2.43. The molecule has 1 aromatic rings. The highest BCUT2D eigenvalue weighted by Crippen LogP contribution is 2.14. The first-order valence-corrected chi connectivity index (χ1v) is 5.38. The Balaban J connectivity index is 2.92. The van der Waals surface area contributed by atoms with Crippen LogP contribution < -0.4 is 5.56 Å². The van der Waals surface area contributed by atoms with Gasteiger partial charge in [0.15, 0.2) is 0 Å². The maximum atomic E-state index is 12.0. The molecule has 1 rings (SSSR count). The molecule has 1 aromatic heterocycles. The van der Waals surface area contributed by atoms with Gasteiger partial charge in [-0.2, -0.15) is 0 Å². The molecule has 0 saturated heterocycles. The lowest BCUT2D eigenvalue weighted by molar-refractivity contribution is 0.0764. The molecule has 16 heavy (non-hydrogen) atoms. The maximum Gasteiger partial charge on any atom is 0.256 e. The topological polar surface area (TPSA) is 51.5 Å². The average molecular weight is 225 g/mol. The van der Waals surface area contributed by atoms with Gasteiger partial charge in [-0.15, -0.1) is 0 Å². The number of aromatic nitrogens is 1. The van der Waals surface area contributed by atoms with Crippen LogP contribution in [-0.2, 0) is 16.9 Å². The van der Waals surface area contributed by atoms with E-state index in [1.54, 1.807) is 43.9 Å². The second kappa shape index (κ2) is 5.27. The molecule has 0 fully saturated rings. The van der Waals surface area contributed by atoms with Crippen molar-refractivity contribution in [3.63, 3.8) is 0 Å². The maximum absolute atomic E-state index is 12.0. The summed E-state index contributed by atoms with van der Waals surface area (Å²) in [6.07, 6.45) is 2.51. The van der Waals surface area contributed by atoms with Crippen LogP contribution in [0.3, 0.4) is 0 Å². The second-order valence-electron chi connectivity index (χ2n) is 4.33. The number of aryl methyl sites for hydroxylation is 1. The van der Waals surface area contributed by atoms with Gasteiger partial charge in [0, 0.05) is 32.0 Å². The quantitative estimate of drug-likeness (QED) is 0.764. The number of nitrogens with zero attached hydrogens (tertiary/aromatic N) is 1. The Labute approximate surface area is 95.5 Å². The van der Waals surface area contributed by atoms with Crippen LogP contribution in [0.15, 0.2) is 23.1 Å². The summed E-state index contributed by atoms with van der Waals surface area (Å²) in [4.78, 5) is 12.0. The summed E-state index contributed by atoms with van der Waals surface area (Å²) in [5, 5.41) is 9.83. The van der Waals surface area contributed by atoms with E-state index in [1.807, 2.05) is 0 Å². The summed E-state index contributed by atoms with van der Waals surface area (Å²) in [6.45, 7) is 4.46. The largest absolute Gasteiger partial charge is 0.386 e. The van der Waals surface area contributed by atoms with Crippen LogP contribution >= 0.6 is 0 Å². The zero-order valence-corrected chi connectivity index (χ0v) is 10.1. The van der Waals surface area contributed by atoms with E-state index in [0.717, 1.165) is 6.42 Å². The number of hydrogen-bond donors (Lipinski definition) is 1. The summed E-state index contributed by atoms with van der Waals surface area (Å²) in [5.41, 5.74) is -0.806. The van der Waals surface area contributed by atoms with Gasteiger partial charge in [-0.25, -0.2) is 0 Å². The zero-order chi connectivity index (χ0) is 12.2. The Bertz CT molecular complexity index is 390. The van der Waals surface area contributed by atoms with Gasteiger partial charge in [0.05, 0.1) is 5.60 Å². The van der Waals surface area contributed by atoms with E-state index in [4.69, 9.17) is 4.74 Å². The molecule has 0 aliphatic carbocycles. The van der Waals surface area contributed by atoms with Crippen molar-refractivity contribution < 1.29 is 9.84 Å². The predicted molar refractivity (Wildman–Crippen MR) is 62.4 cm³/mol. The molecule has 0 aliphatic heterocycles. The van der Waals surface area contributed by atoms with Crippen LogP contribution in [-0.4, -0.2) is 23.4 Å². The Morgan fingerprint density at radius 1 is 1.50 bits per heavy atom. The van der Waals surface area contributed by atoms with Crippen molar-refractivity contribution in [3.8, 4) is 0 Å². The number of pyridine rings is 1. The molecule has 4 nitrogen and oxygen atoms in total. The van der Waals surface area contributed by atoms with Crippen molar-refractivity contribution in [3.05, 3.63) is 34.2 Å². The molecule has 0 unspecified atom stereocenters. The Kier molecular flexibility index (Phi) is 4.26. The van der Waals surface area contributed by atoms with E-state index < -0.39 is 5.60 Å². The van der Waals surface area contributed by atoms with Gasteiger partial charge in [-0.05, 0) is 32.4 Å². The highest BCUT2D eigenvalue weighted by Gasteiger charge is 2.20. The molecule has 1 heterocycles. The van der Waals surface area contributed by atoms with Crippen molar-refractivity contribution in [1.82, 2.24) is 4.57 Å². The van der Waals surface area contributed by atoms with Crippen LogP contribution in [0.25, 0.3) is 0 Å². The van der Waals surface area contributed by atoms with Gasteiger partial charge in [-0.1, -0.05) is 0 Å². The summed E-state index contributed by atoms with van der Waals surface area (Å²) in [5.74, 6) is 0. The summed E-state index contributed by atoms with van der Waals surface area (Å²) in [7, 11) is 1.63. The minimum atomic E-state index is -1.10. The second-order valence-corrected chi connectivity index (χ2v) is 4.33. The van der Waals surface area contributed by atoms with Crippen molar-refractivity contribution in [2.24, 2.45) is 0 Å². The highest BCUT2D eigenvalue weighted by atomic mass is 16.5. The third kappa shape index (κ3) is 3.18. The van der Waals surface area contributed by atoms with Crippen LogP contribution in [0.4, 0.5) is 0 Å². The number of methoxy groups -OCH3 is 1. The van der Waals surface area contributed by atoms with Gasteiger partial charge in [-0.3, -0.25) is 4.79 Å². The van der Waals surface area contributed by atoms with Crippen molar-refractivity contribution >= 4 is 0 Å². The molecular formula is C12H19NO3. The molecular weight excluding hydrogens is 206 g/mol. The van der Waals surface area contributed by atoms with Gasteiger partial charge in [0.25, 0.3) is 5.56 Å². The molecule has 90 valence electrons. The van der Waals surface area contributed by atoms with Crippen LogP contribution in [0, 0.1) is 0 Å². The molecule has 1 N–H and O–H groups in total. The first-order chi connectivity index (χ1) is 7.46. The lowest BCUT2D eigenvalue weighted by Crippen LogP contribution is -2.31. The van der Waals surface area contributed by atoms with Crippen molar-refractivity contribution in [2.45, 2.75) is 32.4 Å². The van der Waals surface area contributed by atoms with E-state index in [9.17, 15) is 9.90 Å². The fraction of sp³-hybridized carbons (Fsp3) is 0.583. The van der Waals surface area contributed by atoms with E-state index in [1.165, 1.54) is 0 Å². The summed E-state index contributed by atoms with van der Waals surface area (Å²) < 4.78 is 6.54. The number of rotatable bonds is 5. The molecule has 0 amide bonds. The van der Waals surface area contributed by atoms with E-state index in [2.05, 4.69) is 0 Å². The lowest BCUT2D eigenvalue weighted by Gasteiger charge is -2.18. The molecule has 0 aromatic carbocycles. The number of ether oxygens (including phenoxy) is 1. The molecule has 0 saturated carbocycles. The smallest absolute Gasteiger partial charge is 0.256 e. The monoisotopic (exact) mass is 225 g/mol. The third-order valence-corrected chi connectivity index (χ3v) is 2.43. The normalized spacial score (nSPS) is 11.8. The van der Waals surface area contributed by atoms with Crippen LogP contribution in [0.1, 0.15) is 25.8 Å². The van der Waals surface area contributed by atoms with Crippen LogP contribution in [0.5, 0.6) is 0 Å². The van der Waals surface area contributed by atoms with Gasteiger partial charge < -0.3 is 14.4 Å². The van der Waals surface area contributed by atoms with Crippen molar-refractivity contribution in [1.29, 1.82) is 0 Å². The summed E-state index contributed by atoms with van der Waals surface area (Å²) >= 11 is 0. The molecule has 0 bridgehead atoms. The van der Waals surface area contributed by atoms with Crippen molar-refractivity contribution in [2.75, 3.05) is 13.7 Å². The first kappa shape index (κ1) is 12.9. The zero-order valence-electron chi connectivity index (χ0n) is 10.1. The van der Waals surface area contributed by atoms with Gasteiger partial charge in [0.1, 0.15) is 0 Å². The fourth-order valence-corrected chi connectivity index (χ4v) is 1.56. The Hall–Kier alpha value is -1.13. The standard InChI is InChI=1S/C12H19NO3/c1-12(2,15)10-6-4-7-13(11(10)14)8-5-9-16-3/h4,6-7,15H,5,8-9H2,1-3H3. The van der Waals surface area contributed by atoms with Gasteiger partial charge in [0.2, 0.25) is 0 Å². The Morgan fingerprint density at radius 2 is 2.19 bits per heavy atom.